The highest BCUT2D eigenvalue weighted by atomic mass is 16.6. The summed E-state index contributed by atoms with van der Waals surface area (Å²) in [6, 6.07) is -0.000139. The lowest BCUT2D eigenvalue weighted by Gasteiger charge is -2.28. The zero-order valence-corrected chi connectivity index (χ0v) is 10.7. The number of hydrazine groups is 1. The van der Waals surface area contributed by atoms with E-state index in [1.54, 1.807) is 0 Å². The van der Waals surface area contributed by atoms with Crippen LogP contribution in [0.15, 0.2) is 0 Å². The summed E-state index contributed by atoms with van der Waals surface area (Å²) in [6.45, 7) is 11.6. The standard InChI is InChI=1S/C11H24N2O2/c1-8(2)7-9(3)13(12)10(14)15-11(4,5)6/h8-9H,7,12H2,1-6H3. The van der Waals surface area contributed by atoms with Crippen LogP contribution in [0.1, 0.15) is 48.0 Å². The predicted octanol–water partition coefficient (Wildman–Crippen LogP) is 2.53. The summed E-state index contributed by atoms with van der Waals surface area (Å²) in [5, 5.41) is 1.17. The third-order valence-corrected chi connectivity index (χ3v) is 1.89. The van der Waals surface area contributed by atoms with Crippen LogP contribution >= 0.6 is 0 Å². The quantitative estimate of drug-likeness (QED) is 0.448. The number of carbonyl (C=O) groups is 1. The number of carbonyl (C=O) groups excluding carboxylic acids is 1. The molecule has 0 heterocycles. The third-order valence-electron chi connectivity index (χ3n) is 1.89. The average molecular weight is 216 g/mol. The molecule has 15 heavy (non-hydrogen) atoms. The van der Waals surface area contributed by atoms with Gasteiger partial charge in [-0.05, 0) is 40.0 Å². The van der Waals surface area contributed by atoms with Crippen molar-refractivity contribution in [2.24, 2.45) is 11.8 Å². The van der Waals surface area contributed by atoms with Crippen molar-refractivity contribution >= 4 is 6.09 Å². The van der Waals surface area contributed by atoms with Crippen LogP contribution in [0.4, 0.5) is 4.79 Å². The van der Waals surface area contributed by atoms with E-state index in [1.165, 1.54) is 5.01 Å². The molecule has 0 aliphatic heterocycles. The Hall–Kier alpha value is -0.770. The topological polar surface area (TPSA) is 55.6 Å². The molecule has 4 nitrogen and oxygen atoms in total. The van der Waals surface area contributed by atoms with Crippen molar-refractivity contribution in [2.75, 3.05) is 0 Å². The molecule has 0 aromatic rings. The first-order valence-electron chi connectivity index (χ1n) is 5.40. The Morgan fingerprint density at radius 2 is 1.80 bits per heavy atom. The van der Waals surface area contributed by atoms with Gasteiger partial charge in [-0.2, -0.15) is 0 Å². The summed E-state index contributed by atoms with van der Waals surface area (Å²) in [7, 11) is 0. The molecule has 2 N–H and O–H groups in total. The maximum absolute atomic E-state index is 11.6. The van der Waals surface area contributed by atoms with Gasteiger partial charge < -0.3 is 4.74 Å². The third kappa shape index (κ3) is 6.33. The molecule has 0 aliphatic rings. The van der Waals surface area contributed by atoms with Crippen LogP contribution in [0.2, 0.25) is 0 Å². The van der Waals surface area contributed by atoms with Crippen molar-refractivity contribution in [1.82, 2.24) is 5.01 Å². The largest absolute Gasteiger partial charge is 0.443 e. The van der Waals surface area contributed by atoms with Crippen LogP contribution < -0.4 is 5.84 Å². The fourth-order valence-corrected chi connectivity index (χ4v) is 1.29. The summed E-state index contributed by atoms with van der Waals surface area (Å²) < 4.78 is 5.16. The Labute approximate surface area is 92.7 Å². The lowest BCUT2D eigenvalue weighted by Crippen LogP contribution is -2.47. The SMILES string of the molecule is CC(C)CC(C)N(N)C(=O)OC(C)(C)C. The first kappa shape index (κ1) is 14.2. The second-order valence-corrected chi connectivity index (χ2v) is 5.37. The first-order valence-corrected chi connectivity index (χ1v) is 5.40. The Kier molecular flexibility index (Phi) is 5.08. The van der Waals surface area contributed by atoms with Gasteiger partial charge in [0, 0.05) is 6.04 Å². The van der Waals surface area contributed by atoms with Gasteiger partial charge in [0.15, 0.2) is 0 Å². The minimum Gasteiger partial charge on any atom is -0.443 e. The molecule has 0 saturated heterocycles. The number of nitrogens with two attached hydrogens (primary N) is 1. The van der Waals surface area contributed by atoms with Crippen molar-refractivity contribution in [3.05, 3.63) is 0 Å². The molecular formula is C11H24N2O2. The lowest BCUT2D eigenvalue weighted by atomic mass is 10.1. The van der Waals surface area contributed by atoms with E-state index in [4.69, 9.17) is 10.6 Å². The zero-order chi connectivity index (χ0) is 12.2. The van der Waals surface area contributed by atoms with E-state index < -0.39 is 11.7 Å². The minimum atomic E-state index is -0.494. The van der Waals surface area contributed by atoms with Gasteiger partial charge in [-0.15, -0.1) is 0 Å². The Morgan fingerprint density at radius 3 is 2.13 bits per heavy atom. The highest BCUT2D eigenvalue weighted by Gasteiger charge is 2.23. The number of nitrogens with zero attached hydrogens (tertiary/aromatic N) is 1. The van der Waals surface area contributed by atoms with Gasteiger partial charge in [0.2, 0.25) is 0 Å². The van der Waals surface area contributed by atoms with Gasteiger partial charge in [0.25, 0.3) is 0 Å². The molecule has 0 rings (SSSR count). The maximum atomic E-state index is 11.6. The van der Waals surface area contributed by atoms with Crippen LogP contribution in [-0.4, -0.2) is 22.7 Å². The maximum Gasteiger partial charge on any atom is 0.424 e. The first-order chi connectivity index (χ1) is 6.63. The highest BCUT2D eigenvalue weighted by Crippen LogP contribution is 2.13. The number of ether oxygens (including phenoxy) is 1. The normalized spacial score (nSPS) is 13.9. The smallest absolute Gasteiger partial charge is 0.424 e. The summed E-state index contributed by atoms with van der Waals surface area (Å²) in [6.07, 6.45) is 0.408. The van der Waals surface area contributed by atoms with E-state index in [9.17, 15) is 4.79 Å². The van der Waals surface area contributed by atoms with E-state index in [1.807, 2.05) is 27.7 Å². The monoisotopic (exact) mass is 216 g/mol. The van der Waals surface area contributed by atoms with Crippen LogP contribution in [0.25, 0.3) is 0 Å². The fraction of sp³-hybridized carbons (Fsp3) is 0.909. The molecule has 0 radical (unpaired) electrons. The average Bonchev–Trinajstić information content (AvgIpc) is 1.98. The molecule has 1 atom stereocenters. The van der Waals surface area contributed by atoms with E-state index >= 15 is 0 Å². The summed E-state index contributed by atoms with van der Waals surface area (Å²) in [5.41, 5.74) is -0.494. The Morgan fingerprint density at radius 1 is 1.33 bits per heavy atom. The summed E-state index contributed by atoms with van der Waals surface area (Å²) >= 11 is 0. The Balaban J connectivity index is 4.20. The van der Waals surface area contributed by atoms with Crippen LogP contribution in [-0.2, 0) is 4.74 Å². The van der Waals surface area contributed by atoms with Crippen LogP contribution in [0.5, 0.6) is 0 Å². The van der Waals surface area contributed by atoms with Gasteiger partial charge in [-0.3, -0.25) is 0 Å². The molecule has 0 bridgehead atoms. The number of amides is 1. The van der Waals surface area contributed by atoms with Gasteiger partial charge in [-0.25, -0.2) is 15.6 Å². The van der Waals surface area contributed by atoms with Crippen LogP contribution in [0.3, 0.4) is 0 Å². The molecule has 0 spiro atoms. The molecule has 0 aromatic carbocycles. The summed E-state index contributed by atoms with van der Waals surface area (Å²) in [4.78, 5) is 11.6. The van der Waals surface area contributed by atoms with Crippen molar-refractivity contribution in [3.63, 3.8) is 0 Å². The summed E-state index contributed by atoms with van der Waals surface area (Å²) in [5.74, 6) is 6.18. The molecule has 0 saturated carbocycles. The number of hydrogen-bond acceptors (Lipinski definition) is 3. The van der Waals surface area contributed by atoms with E-state index in [-0.39, 0.29) is 6.04 Å². The second kappa shape index (κ2) is 5.35. The minimum absolute atomic E-state index is 0.000139. The second-order valence-electron chi connectivity index (χ2n) is 5.37. The fourth-order valence-electron chi connectivity index (χ4n) is 1.29. The number of hydrogen-bond donors (Lipinski definition) is 1. The zero-order valence-electron chi connectivity index (χ0n) is 10.7. The van der Waals surface area contributed by atoms with E-state index in [2.05, 4.69) is 13.8 Å². The molecule has 1 unspecified atom stereocenters. The van der Waals surface area contributed by atoms with Gasteiger partial charge in [-0.1, -0.05) is 13.8 Å². The number of rotatable bonds is 3. The van der Waals surface area contributed by atoms with Crippen LogP contribution in [0, 0.1) is 5.92 Å². The van der Waals surface area contributed by atoms with Gasteiger partial charge in [0.1, 0.15) is 5.60 Å². The van der Waals surface area contributed by atoms with Crippen molar-refractivity contribution in [1.29, 1.82) is 0 Å². The molecule has 1 amide bonds. The van der Waals surface area contributed by atoms with E-state index in [0.717, 1.165) is 6.42 Å². The van der Waals surface area contributed by atoms with Crippen molar-refractivity contribution < 1.29 is 9.53 Å². The van der Waals surface area contributed by atoms with Gasteiger partial charge in [0.05, 0.1) is 0 Å². The molecule has 90 valence electrons. The van der Waals surface area contributed by atoms with Gasteiger partial charge >= 0.3 is 6.09 Å². The molecule has 0 aromatic heterocycles. The van der Waals surface area contributed by atoms with Crippen molar-refractivity contribution in [2.45, 2.75) is 59.6 Å². The van der Waals surface area contributed by atoms with Crippen molar-refractivity contribution in [3.8, 4) is 0 Å². The Bertz CT molecular complexity index is 209. The lowest BCUT2D eigenvalue weighted by molar-refractivity contribution is 0.0156. The predicted molar refractivity (Wildman–Crippen MR) is 61.2 cm³/mol. The molecule has 0 aliphatic carbocycles. The molecule has 4 heteroatoms. The highest BCUT2D eigenvalue weighted by molar-refractivity contribution is 5.67. The molecular weight excluding hydrogens is 192 g/mol. The van der Waals surface area contributed by atoms with E-state index in [0.29, 0.717) is 5.92 Å². The molecule has 0 fully saturated rings.